The lowest BCUT2D eigenvalue weighted by molar-refractivity contribution is 0.103. The van der Waals surface area contributed by atoms with Gasteiger partial charge in [-0.2, -0.15) is 0 Å². The SMILES string of the molecule is O=C(Nc1ccc[nH]c1=O)c1sc(-c2ccco2)nc1-c1ccccc1. The fourth-order valence-electron chi connectivity index (χ4n) is 2.47. The summed E-state index contributed by atoms with van der Waals surface area (Å²) in [6, 6.07) is 16.2. The highest BCUT2D eigenvalue weighted by Crippen LogP contribution is 2.34. The van der Waals surface area contributed by atoms with Gasteiger partial charge in [-0.25, -0.2) is 4.98 Å². The molecule has 128 valence electrons. The molecule has 0 saturated carbocycles. The number of rotatable bonds is 4. The van der Waals surface area contributed by atoms with E-state index in [0.717, 1.165) is 5.56 Å². The number of pyridine rings is 1. The highest BCUT2D eigenvalue weighted by Gasteiger charge is 2.21. The molecule has 0 unspecified atom stereocenters. The molecule has 4 aromatic rings. The van der Waals surface area contributed by atoms with Crippen LogP contribution in [0.3, 0.4) is 0 Å². The molecule has 0 radical (unpaired) electrons. The zero-order valence-electron chi connectivity index (χ0n) is 13.4. The summed E-state index contributed by atoms with van der Waals surface area (Å²) in [5, 5.41) is 3.25. The lowest BCUT2D eigenvalue weighted by atomic mass is 10.1. The smallest absolute Gasteiger partial charge is 0.271 e. The van der Waals surface area contributed by atoms with Gasteiger partial charge in [0.25, 0.3) is 11.5 Å². The Hall–Kier alpha value is -3.45. The lowest BCUT2D eigenvalue weighted by Gasteiger charge is -2.04. The lowest BCUT2D eigenvalue weighted by Crippen LogP contribution is -2.19. The van der Waals surface area contributed by atoms with Crippen LogP contribution in [0, 0.1) is 0 Å². The molecule has 0 bridgehead atoms. The van der Waals surface area contributed by atoms with Gasteiger partial charge in [0.1, 0.15) is 10.6 Å². The van der Waals surface area contributed by atoms with Gasteiger partial charge < -0.3 is 14.7 Å². The van der Waals surface area contributed by atoms with Crippen molar-refractivity contribution in [3.63, 3.8) is 0 Å². The summed E-state index contributed by atoms with van der Waals surface area (Å²) >= 11 is 1.22. The van der Waals surface area contributed by atoms with Gasteiger partial charge in [-0.05, 0) is 24.3 Å². The fraction of sp³-hybridized carbons (Fsp3) is 0. The van der Waals surface area contributed by atoms with E-state index in [1.807, 2.05) is 30.3 Å². The predicted octanol–water partition coefficient (Wildman–Crippen LogP) is 4.01. The monoisotopic (exact) mass is 363 g/mol. The normalized spacial score (nSPS) is 10.6. The number of H-pyrrole nitrogens is 1. The number of benzene rings is 1. The van der Waals surface area contributed by atoms with Gasteiger partial charge >= 0.3 is 0 Å². The first-order valence-corrected chi connectivity index (χ1v) is 8.63. The molecule has 0 fully saturated rings. The number of hydrogen-bond donors (Lipinski definition) is 2. The molecule has 6 nitrogen and oxygen atoms in total. The maximum absolute atomic E-state index is 12.8. The fourth-order valence-corrected chi connectivity index (χ4v) is 3.42. The quantitative estimate of drug-likeness (QED) is 0.573. The first kappa shape index (κ1) is 16.0. The van der Waals surface area contributed by atoms with Crippen molar-refractivity contribution < 1.29 is 9.21 Å². The molecule has 0 aliphatic carbocycles. The van der Waals surface area contributed by atoms with Crippen molar-refractivity contribution in [3.8, 4) is 22.0 Å². The van der Waals surface area contributed by atoms with Crippen molar-refractivity contribution in [1.29, 1.82) is 0 Å². The number of aromatic nitrogens is 2. The topological polar surface area (TPSA) is 88.0 Å². The number of hydrogen-bond acceptors (Lipinski definition) is 5. The summed E-state index contributed by atoms with van der Waals surface area (Å²) in [6.45, 7) is 0. The molecule has 0 aliphatic heterocycles. The molecule has 3 aromatic heterocycles. The van der Waals surface area contributed by atoms with Crippen LogP contribution in [-0.2, 0) is 0 Å². The number of aromatic amines is 1. The number of thiazole rings is 1. The Kier molecular flexibility index (Phi) is 4.20. The van der Waals surface area contributed by atoms with Crippen LogP contribution in [0.25, 0.3) is 22.0 Å². The molecular weight excluding hydrogens is 350 g/mol. The number of carbonyl (C=O) groups is 1. The number of anilines is 1. The Bertz CT molecular complexity index is 1100. The third-order valence-electron chi connectivity index (χ3n) is 3.68. The molecule has 3 heterocycles. The second kappa shape index (κ2) is 6.81. The predicted molar refractivity (Wildman–Crippen MR) is 100 cm³/mol. The average molecular weight is 363 g/mol. The van der Waals surface area contributed by atoms with E-state index in [9.17, 15) is 9.59 Å². The summed E-state index contributed by atoms with van der Waals surface area (Å²) in [5.74, 6) is 0.194. The van der Waals surface area contributed by atoms with E-state index in [0.29, 0.717) is 21.3 Å². The van der Waals surface area contributed by atoms with Crippen LogP contribution in [0.1, 0.15) is 9.67 Å². The molecule has 4 rings (SSSR count). The van der Waals surface area contributed by atoms with E-state index in [1.165, 1.54) is 17.5 Å². The number of nitrogens with zero attached hydrogens (tertiary/aromatic N) is 1. The largest absolute Gasteiger partial charge is 0.462 e. The van der Waals surface area contributed by atoms with Crippen LogP contribution in [-0.4, -0.2) is 15.9 Å². The first-order valence-electron chi connectivity index (χ1n) is 7.81. The Morgan fingerprint density at radius 2 is 1.92 bits per heavy atom. The minimum absolute atomic E-state index is 0.185. The summed E-state index contributed by atoms with van der Waals surface area (Å²) in [4.78, 5) is 32.2. The summed E-state index contributed by atoms with van der Waals surface area (Å²) in [6.07, 6.45) is 3.07. The highest BCUT2D eigenvalue weighted by atomic mass is 32.1. The standard InChI is InChI=1S/C19H13N3O3S/c23-17-13(8-4-10-20-17)21-18(24)16-15(12-6-2-1-3-7-12)22-19(26-16)14-9-5-11-25-14/h1-11H,(H,20,23)(H,21,24). The van der Waals surface area contributed by atoms with Gasteiger partial charge in [-0.1, -0.05) is 30.3 Å². The number of nitrogens with one attached hydrogen (secondary N) is 2. The molecule has 0 spiro atoms. The van der Waals surface area contributed by atoms with Crippen molar-refractivity contribution in [2.24, 2.45) is 0 Å². The van der Waals surface area contributed by atoms with E-state index in [1.54, 1.807) is 30.5 Å². The Morgan fingerprint density at radius 3 is 2.65 bits per heavy atom. The van der Waals surface area contributed by atoms with Gasteiger partial charge in [0.15, 0.2) is 10.8 Å². The molecule has 0 aliphatic rings. The molecule has 7 heteroatoms. The van der Waals surface area contributed by atoms with Crippen molar-refractivity contribution in [2.45, 2.75) is 0 Å². The first-order chi connectivity index (χ1) is 12.7. The second-order valence-corrected chi connectivity index (χ2v) is 6.41. The van der Waals surface area contributed by atoms with Gasteiger partial charge in [0.05, 0.1) is 12.0 Å². The van der Waals surface area contributed by atoms with Crippen LogP contribution >= 0.6 is 11.3 Å². The molecule has 2 N–H and O–H groups in total. The number of carbonyl (C=O) groups excluding carboxylic acids is 1. The second-order valence-electron chi connectivity index (χ2n) is 5.41. The van der Waals surface area contributed by atoms with Crippen molar-refractivity contribution in [1.82, 2.24) is 9.97 Å². The van der Waals surface area contributed by atoms with Crippen LogP contribution in [0.4, 0.5) is 5.69 Å². The molecular formula is C19H13N3O3S. The summed E-state index contributed by atoms with van der Waals surface area (Å²) < 4.78 is 5.40. The van der Waals surface area contributed by atoms with Gasteiger partial charge in [-0.3, -0.25) is 9.59 Å². The van der Waals surface area contributed by atoms with Crippen LogP contribution in [0.15, 0.2) is 76.3 Å². The maximum atomic E-state index is 12.8. The van der Waals surface area contributed by atoms with Gasteiger partial charge in [0, 0.05) is 11.8 Å². The molecule has 0 saturated heterocycles. The van der Waals surface area contributed by atoms with Crippen molar-refractivity contribution >= 4 is 22.9 Å². The summed E-state index contributed by atoms with van der Waals surface area (Å²) in [5.41, 5.74) is 1.18. The number of amides is 1. The zero-order chi connectivity index (χ0) is 17.9. The van der Waals surface area contributed by atoms with Crippen molar-refractivity contribution in [3.05, 3.63) is 82.3 Å². The Morgan fingerprint density at radius 1 is 1.08 bits per heavy atom. The molecule has 0 atom stereocenters. The van der Waals surface area contributed by atoms with Gasteiger partial charge in [0.2, 0.25) is 0 Å². The van der Waals surface area contributed by atoms with E-state index in [4.69, 9.17) is 4.42 Å². The van der Waals surface area contributed by atoms with E-state index >= 15 is 0 Å². The van der Waals surface area contributed by atoms with Crippen LogP contribution in [0.5, 0.6) is 0 Å². The Labute approximate surface area is 152 Å². The minimum Gasteiger partial charge on any atom is -0.462 e. The number of furan rings is 1. The summed E-state index contributed by atoms with van der Waals surface area (Å²) in [7, 11) is 0. The maximum Gasteiger partial charge on any atom is 0.271 e. The highest BCUT2D eigenvalue weighted by molar-refractivity contribution is 7.17. The Balaban J connectivity index is 1.78. The van der Waals surface area contributed by atoms with E-state index < -0.39 is 5.91 Å². The molecule has 1 aromatic carbocycles. The molecule has 1 amide bonds. The average Bonchev–Trinajstić information content (AvgIpc) is 3.34. The third kappa shape index (κ3) is 3.07. The van der Waals surface area contributed by atoms with Crippen LogP contribution in [0.2, 0.25) is 0 Å². The zero-order valence-corrected chi connectivity index (χ0v) is 14.2. The van der Waals surface area contributed by atoms with Gasteiger partial charge in [-0.15, -0.1) is 11.3 Å². The van der Waals surface area contributed by atoms with E-state index in [2.05, 4.69) is 15.3 Å². The molecule has 26 heavy (non-hydrogen) atoms. The minimum atomic E-state index is -0.393. The van der Waals surface area contributed by atoms with E-state index in [-0.39, 0.29) is 11.2 Å². The van der Waals surface area contributed by atoms with Crippen molar-refractivity contribution in [2.75, 3.05) is 5.32 Å². The van der Waals surface area contributed by atoms with Crippen LogP contribution < -0.4 is 10.9 Å². The third-order valence-corrected chi connectivity index (χ3v) is 4.75.